The third-order valence-corrected chi connectivity index (χ3v) is 6.48. The van der Waals surface area contributed by atoms with E-state index in [4.69, 9.17) is 4.74 Å². The molecule has 0 aliphatic carbocycles. The maximum absolute atomic E-state index is 13.1. The van der Waals surface area contributed by atoms with Crippen molar-refractivity contribution < 1.29 is 23.9 Å². The average Bonchev–Trinajstić information content (AvgIpc) is 3.27. The summed E-state index contributed by atoms with van der Waals surface area (Å²) in [5, 5.41) is 3.08. The fourth-order valence-electron chi connectivity index (χ4n) is 3.88. The summed E-state index contributed by atoms with van der Waals surface area (Å²) >= 11 is 1.25. The number of ether oxygens (including phenoxy) is 1. The first kappa shape index (κ1) is 22.4. The highest BCUT2D eigenvalue weighted by Gasteiger charge is 2.41. The molecule has 1 N–H and O–H groups in total. The molecule has 1 atom stereocenters. The van der Waals surface area contributed by atoms with Crippen molar-refractivity contribution in [3.63, 3.8) is 0 Å². The van der Waals surface area contributed by atoms with Crippen LogP contribution in [0.1, 0.15) is 49.8 Å². The lowest BCUT2D eigenvalue weighted by Gasteiger charge is -2.21. The van der Waals surface area contributed by atoms with Gasteiger partial charge in [0.1, 0.15) is 16.6 Å². The Labute approximate surface area is 195 Å². The Bertz CT molecular complexity index is 1230. The first-order valence-corrected chi connectivity index (χ1v) is 11.3. The number of fused-ring (bicyclic) bond motifs is 1. The maximum atomic E-state index is 13.1. The quantitative estimate of drug-likeness (QED) is 0.429. The number of nitrogens with zero attached hydrogens (tertiary/aromatic N) is 1. The predicted octanol–water partition coefficient (Wildman–Crippen LogP) is 4.52. The Morgan fingerprint density at radius 3 is 2.15 bits per heavy atom. The molecule has 0 saturated heterocycles. The van der Waals surface area contributed by atoms with Crippen LogP contribution in [0, 0.1) is 6.92 Å². The van der Waals surface area contributed by atoms with Crippen molar-refractivity contribution in [2.24, 2.45) is 0 Å². The van der Waals surface area contributed by atoms with Crippen molar-refractivity contribution in [3.8, 4) is 11.1 Å². The first-order chi connectivity index (χ1) is 15.8. The molecule has 1 aliphatic rings. The van der Waals surface area contributed by atoms with Gasteiger partial charge in [-0.25, -0.2) is 4.79 Å². The molecule has 0 radical (unpaired) electrons. The van der Waals surface area contributed by atoms with E-state index in [1.165, 1.54) is 18.3 Å². The Hall–Kier alpha value is -3.78. The Kier molecular flexibility index (Phi) is 6.11. The number of benzene rings is 2. The molecule has 0 spiro atoms. The van der Waals surface area contributed by atoms with Gasteiger partial charge >= 0.3 is 5.97 Å². The smallest absolute Gasteiger partial charge is 0.341 e. The van der Waals surface area contributed by atoms with Gasteiger partial charge < -0.3 is 10.1 Å². The van der Waals surface area contributed by atoms with Gasteiger partial charge in [0.15, 0.2) is 0 Å². The molecule has 168 valence electrons. The molecule has 3 amide bonds. The van der Waals surface area contributed by atoms with Gasteiger partial charge in [-0.1, -0.05) is 42.5 Å². The molecule has 0 fully saturated rings. The Balaban J connectivity index is 1.67. The number of thiophene rings is 1. The maximum Gasteiger partial charge on any atom is 0.341 e. The molecule has 1 aromatic heterocycles. The van der Waals surface area contributed by atoms with Crippen LogP contribution in [0.15, 0.2) is 54.6 Å². The number of imide groups is 1. The van der Waals surface area contributed by atoms with E-state index >= 15 is 0 Å². The summed E-state index contributed by atoms with van der Waals surface area (Å²) in [6.45, 7) is 5.24. The standard InChI is InChI=1S/C25H22N2O5S/c1-4-32-25(31)20-19(16-10-6-5-7-11-16)15(3)33-22(20)26-21(28)14(2)27-23(29)17-12-8-9-13-18(17)24(27)30/h5-14H,4H2,1-3H3,(H,26,28). The molecular weight excluding hydrogens is 440 g/mol. The van der Waals surface area contributed by atoms with Crippen LogP contribution in [0.25, 0.3) is 11.1 Å². The SMILES string of the molecule is CCOC(=O)c1c(NC(=O)C(C)N2C(=O)c3ccccc3C2=O)sc(C)c1-c1ccccc1. The van der Waals surface area contributed by atoms with Crippen molar-refractivity contribution >= 4 is 40.0 Å². The fourth-order valence-corrected chi connectivity index (χ4v) is 4.94. The largest absolute Gasteiger partial charge is 0.462 e. The fraction of sp³-hybridized carbons (Fsp3) is 0.200. The molecule has 0 saturated carbocycles. The van der Waals surface area contributed by atoms with Crippen LogP contribution < -0.4 is 5.32 Å². The number of aryl methyl sites for hydroxylation is 1. The van der Waals surface area contributed by atoms with Crippen LogP contribution >= 0.6 is 11.3 Å². The minimum atomic E-state index is -1.07. The van der Waals surface area contributed by atoms with E-state index in [2.05, 4.69) is 5.32 Å². The van der Waals surface area contributed by atoms with E-state index in [0.29, 0.717) is 10.6 Å². The van der Waals surface area contributed by atoms with Gasteiger partial charge in [0.25, 0.3) is 11.8 Å². The van der Waals surface area contributed by atoms with Crippen molar-refractivity contribution in [3.05, 3.63) is 76.2 Å². The second kappa shape index (κ2) is 8.99. The molecule has 8 heteroatoms. The summed E-state index contributed by atoms with van der Waals surface area (Å²) in [5.74, 6) is -2.16. The van der Waals surface area contributed by atoms with Gasteiger partial charge in [0.05, 0.1) is 17.7 Å². The summed E-state index contributed by atoms with van der Waals surface area (Å²) in [6.07, 6.45) is 0. The number of hydrogen-bond donors (Lipinski definition) is 1. The lowest BCUT2D eigenvalue weighted by atomic mass is 10.0. The lowest BCUT2D eigenvalue weighted by molar-refractivity contribution is -0.119. The van der Waals surface area contributed by atoms with Crippen molar-refractivity contribution in [1.82, 2.24) is 4.90 Å². The lowest BCUT2D eigenvalue weighted by Crippen LogP contribution is -2.45. The van der Waals surface area contributed by atoms with Gasteiger partial charge in [-0.3, -0.25) is 19.3 Å². The van der Waals surface area contributed by atoms with Crippen molar-refractivity contribution in [2.75, 3.05) is 11.9 Å². The number of hydrogen-bond acceptors (Lipinski definition) is 6. The van der Waals surface area contributed by atoms with Crippen LogP contribution in [0.4, 0.5) is 5.00 Å². The normalized spacial score (nSPS) is 13.6. The molecule has 1 aliphatic heterocycles. The van der Waals surface area contributed by atoms with Gasteiger partial charge in [0.2, 0.25) is 5.91 Å². The van der Waals surface area contributed by atoms with Crippen LogP contribution in [0.2, 0.25) is 0 Å². The number of carbonyl (C=O) groups is 4. The van der Waals surface area contributed by atoms with Crippen molar-refractivity contribution in [1.29, 1.82) is 0 Å². The molecule has 33 heavy (non-hydrogen) atoms. The molecule has 3 aromatic rings. The topological polar surface area (TPSA) is 92.8 Å². The Morgan fingerprint density at radius 1 is 1.00 bits per heavy atom. The van der Waals surface area contributed by atoms with Gasteiger partial charge in [-0.15, -0.1) is 11.3 Å². The van der Waals surface area contributed by atoms with E-state index < -0.39 is 29.7 Å². The number of amides is 3. The molecule has 7 nitrogen and oxygen atoms in total. The highest BCUT2D eigenvalue weighted by atomic mass is 32.1. The molecule has 2 heterocycles. The molecule has 4 rings (SSSR count). The monoisotopic (exact) mass is 462 g/mol. The van der Waals surface area contributed by atoms with Crippen LogP contribution in [-0.2, 0) is 9.53 Å². The minimum absolute atomic E-state index is 0.181. The second-order valence-corrected chi connectivity index (χ2v) is 8.74. The first-order valence-electron chi connectivity index (χ1n) is 10.5. The van der Waals surface area contributed by atoms with Gasteiger partial charge in [-0.2, -0.15) is 0 Å². The average molecular weight is 463 g/mol. The zero-order chi connectivity index (χ0) is 23.7. The van der Waals surface area contributed by atoms with E-state index in [1.807, 2.05) is 37.3 Å². The van der Waals surface area contributed by atoms with Gasteiger partial charge in [-0.05, 0) is 38.5 Å². The zero-order valence-electron chi connectivity index (χ0n) is 18.4. The molecular formula is C25H22N2O5S. The zero-order valence-corrected chi connectivity index (χ0v) is 19.2. The predicted molar refractivity (Wildman–Crippen MR) is 125 cm³/mol. The highest BCUT2D eigenvalue weighted by molar-refractivity contribution is 7.17. The number of anilines is 1. The molecule has 0 bridgehead atoms. The number of esters is 1. The van der Waals surface area contributed by atoms with E-state index in [0.717, 1.165) is 15.3 Å². The summed E-state index contributed by atoms with van der Waals surface area (Å²) in [5.41, 5.74) is 2.31. The third-order valence-electron chi connectivity index (χ3n) is 5.46. The highest BCUT2D eigenvalue weighted by Crippen LogP contribution is 2.40. The van der Waals surface area contributed by atoms with E-state index in [9.17, 15) is 19.2 Å². The summed E-state index contributed by atoms with van der Waals surface area (Å²) in [4.78, 5) is 53.3. The van der Waals surface area contributed by atoms with Gasteiger partial charge in [0, 0.05) is 10.4 Å². The minimum Gasteiger partial charge on any atom is -0.462 e. The molecule has 1 unspecified atom stereocenters. The number of carbonyl (C=O) groups excluding carboxylic acids is 4. The second-order valence-electron chi connectivity index (χ2n) is 7.51. The summed E-state index contributed by atoms with van der Waals surface area (Å²) in [6, 6.07) is 14.8. The molecule has 2 aromatic carbocycles. The van der Waals surface area contributed by atoms with E-state index in [-0.39, 0.29) is 23.3 Å². The Morgan fingerprint density at radius 2 is 1.58 bits per heavy atom. The number of nitrogens with one attached hydrogen (secondary N) is 1. The van der Waals surface area contributed by atoms with E-state index in [1.54, 1.807) is 31.2 Å². The number of rotatable bonds is 6. The van der Waals surface area contributed by atoms with Crippen LogP contribution in [0.5, 0.6) is 0 Å². The van der Waals surface area contributed by atoms with Crippen LogP contribution in [0.3, 0.4) is 0 Å². The van der Waals surface area contributed by atoms with Crippen molar-refractivity contribution in [2.45, 2.75) is 26.8 Å². The van der Waals surface area contributed by atoms with Crippen LogP contribution in [-0.4, -0.2) is 41.2 Å². The summed E-state index contributed by atoms with van der Waals surface area (Å²) < 4.78 is 5.26. The summed E-state index contributed by atoms with van der Waals surface area (Å²) in [7, 11) is 0. The third kappa shape index (κ3) is 3.93.